The number of hydrogen-bond acceptors (Lipinski definition) is 4. The second-order valence-corrected chi connectivity index (χ2v) is 6.69. The van der Waals surface area contributed by atoms with Crippen molar-refractivity contribution in [1.29, 1.82) is 0 Å². The summed E-state index contributed by atoms with van der Waals surface area (Å²) in [5.41, 5.74) is 0.313. The Labute approximate surface area is 175 Å². The van der Waals surface area contributed by atoms with Gasteiger partial charge in [-0.15, -0.1) is 0 Å². The molecule has 0 fully saturated rings. The minimum atomic E-state index is -4.42. The number of benzene rings is 2. The lowest BCUT2D eigenvalue weighted by Gasteiger charge is -2.19. The second kappa shape index (κ2) is 11.4. The zero-order chi connectivity index (χ0) is 22.0. The Balaban J connectivity index is 1.84. The van der Waals surface area contributed by atoms with Gasteiger partial charge in [-0.05, 0) is 37.4 Å². The Kier molecular flexibility index (Phi) is 8.98. The molecule has 0 aliphatic heterocycles. The summed E-state index contributed by atoms with van der Waals surface area (Å²) in [4.78, 5) is 14.4. The third-order valence-corrected chi connectivity index (χ3v) is 4.65. The number of halogens is 3. The summed E-state index contributed by atoms with van der Waals surface area (Å²) in [7, 11) is 0. The molecule has 0 spiro atoms. The van der Waals surface area contributed by atoms with Crippen LogP contribution in [-0.2, 0) is 17.5 Å². The molecule has 0 aliphatic carbocycles. The van der Waals surface area contributed by atoms with E-state index in [1.54, 1.807) is 0 Å². The smallest absolute Gasteiger partial charge is 0.416 e. The van der Waals surface area contributed by atoms with Gasteiger partial charge in [-0.25, -0.2) is 0 Å². The minimum Gasteiger partial charge on any atom is -0.492 e. The molecule has 0 aliphatic rings. The van der Waals surface area contributed by atoms with Crippen LogP contribution in [0.4, 0.5) is 18.9 Å². The van der Waals surface area contributed by atoms with Gasteiger partial charge in [-0.1, -0.05) is 38.1 Å². The maximum absolute atomic E-state index is 12.8. The number of nitrogens with one attached hydrogen (secondary N) is 2. The Bertz CT molecular complexity index is 808. The Morgan fingerprint density at radius 1 is 1.07 bits per heavy atom. The molecule has 2 rings (SSSR count). The molecule has 0 atom stereocenters. The predicted octanol–water partition coefficient (Wildman–Crippen LogP) is 4.15. The highest BCUT2D eigenvalue weighted by Crippen LogP contribution is 2.30. The van der Waals surface area contributed by atoms with Crippen LogP contribution in [0, 0.1) is 0 Å². The SMILES string of the molecule is CCN(CC)CCOc1ccccc1CNC(=O)CNc1cccc(C(F)(F)F)c1. The molecule has 30 heavy (non-hydrogen) atoms. The average molecular weight is 423 g/mol. The standard InChI is InChI=1S/C22H28F3N3O2/c1-3-28(4-2)12-13-30-20-11-6-5-8-17(20)15-27-21(29)16-26-19-10-7-9-18(14-19)22(23,24)25/h5-11,14,26H,3-4,12-13,15-16H2,1-2H3,(H,27,29). The van der Waals surface area contributed by atoms with Crippen LogP contribution in [0.1, 0.15) is 25.0 Å². The van der Waals surface area contributed by atoms with Crippen molar-refractivity contribution in [3.63, 3.8) is 0 Å². The molecule has 0 radical (unpaired) electrons. The minimum absolute atomic E-state index is 0.133. The van der Waals surface area contributed by atoms with Crippen LogP contribution in [0.5, 0.6) is 5.75 Å². The van der Waals surface area contributed by atoms with Crippen molar-refractivity contribution in [3.8, 4) is 5.75 Å². The van der Waals surface area contributed by atoms with Gasteiger partial charge in [0.05, 0.1) is 12.1 Å². The molecule has 8 heteroatoms. The summed E-state index contributed by atoms with van der Waals surface area (Å²) in [6.45, 7) is 7.60. The fourth-order valence-corrected chi connectivity index (χ4v) is 2.86. The zero-order valence-electron chi connectivity index (χ0n) is 17.3. The van der Waals surface area contributed by atoms with Crippen molar-refractivity contribution < 1.29 is 22.7 Å². The Morgan fingerprint density at radius 3 is 2.50 bits per heavy atom. The third-order valence-electron chi connectivity index (χ3n) is 4.65. The van der Waals surface area contributed by atoms with E-state index in [1.165, 1.54) is 12.1 Å². The largest absolute Gasteiger partial charge is 0.492 e. The molecule has 5 nitrogen and oxygen atoms in total. The van der Waals surface area contributed by atoms with Gasteiger partial charge in [-0.3, -0.25) is 4.79 Å². The van der Waals surface area contributed by atoms with E-state index in [4.69, 9.17) is 4.74 Å². The van der Waals surface area contributed by atoms with Crippen LogP contribution >= 0.6 is 0 Å². The topological polar surface area (TPSA) is 53.6 Å². The number of hydrogen-bond donors (Lipinski definition) is 2. The molecule has 0 heterocycles. The van der Waals surface area contributed by atoms with Gasteiger partial charge in [0, 0.05) is 24.3 Å². The number of para-hydroxylation sites is 1. The quantitative estimate of drug-likeness (QED) is 0.570. The fourth-order valence-electron chi connectivity index (χ4n) is 2.86. The maximum atomic E-state index is 12.8. The van der Waals surface area contributed by atoms with E-state index in [2.05, 4.69) is 29.4 Å². The van der Waals surface area contributed by atoms with E-state index < -0.39 is 11.7 Å². The van der Waals surface area contributed by atoms with Crippen molar-refractivity contribution in [3.05, 3.63) is 59.7 Å². The molecular formula is C22H28F3N3O2. The van der Waals surface area contributed by atoms with Crippen molar-refractivity contribution >= 4 is 11.6 Å². The number of alkyl halides is 3. The van der Waals surface area contributed by atoms with E-state index in [-0.39, 0.29) is 24.7 Å². The van der Waals surface area contributed by atoms with Crippen molar-refractivity contribution in [2.24, 2.45) is 0 Å². The first kappa shape index (κ1) is 23.5. The number of carbonyl (C=O) groups excluding carboxylic acids is 1. The number of nitrogens with zero attached hydrogens (tertiary/aromatic N) is 1. The molecule has 2 N–H and O–H groups in total. The van der Waals surface area contributed by atoms with Crippen molar-refractivity contribution in [2.75, 3.05) is 38.1 Å². The van der Waals surface area contributed by atoms with Crippen molar-refractivity contribution in [2.45, 2.75) is 26.6 Å². The number of amides is 1. The summed E-state index contributed by atoms with van der Waals surface area (Å²) in [6.07, 6.45) is -4.42. The molecule has 0 bridgehead atoms. The molecule has 0 aromatic heterocycles. The summed E-state index contributed by atoms with van der Waals surface area (Å²) in [5.74, 6) is 0.376. The lowest BCUT2D eigenvalue weighted by Crippen LogP contribution is -2.30. The van der Waals surface area contributed by atoms with E-state index in [9.17, 15) is 18.0 Å². The zero-order valence-corrected chi connectivity index (χ0v) is 17.3. The molecular weight excluding hydrogens is 395 g/mol. The summed E-state index contributed by atoms with van der Waals surface area (Å²) in [6, 6.07) is 12.2. The van der Waals surface area contributed by atoms with Gasteiger partial charge in [-0.2, -0.15) is 13.2 Å². The molecule has 164 valence electrons. The summed E-state index contributed by atoms with van der Waals surface area (Å²) < 4.78 is 44.2. The van der Waals surface area contributed by atoms with E-state index in [0.29, 0.717) is 12.4 Å². The Hall–Kier alpha value is -2.74. The van der Waals surface area contributed by atoms with Crippen LogP contribution in [0.2, 0.25) is 0 Å². The van der Waals surface area contributed by atoms with Gasteiger partial charge < -0.3 is 20.3 Å². The van der Waals surface area contributed by atoms with Crippen LogP contribution in [0.25, 0.3) is 0 Å². The molecule has 2 aromatic rings. The average Bonchev–Trinajstić information content (AvgIpc) is 2.74. The third kappa shape index (κ3) is 7.59. The normalized spacial score (nSPS) is 11.4. The van der Waals surface area contributed by atoms with Gasteiger partial charge in [0.2, 0.25) is 5.91 Å². The monoisotopic (exact) mass is 423 g/mol. The predicted molar refractivity (Wildman–Crippen MR) is 112 cm³/mol. The number of anilines is 1. The maximum Gasteiger partial charge on any atom is 0.416 e. The number of rotatable bonds is 11. The van der Waals surface area contributed by atoms with Gasteiger partial charge in [0.1, 0.15) is 12.4 Å². The molecule has 2 aromatic carbocycles. The second-order valence-electron chi connectivity index (χ2n) is 6.69. The highest BCUT2D eigenvalue weighted by atomic mass is 19.4. The summed E-state index contributed by atoms with van der Waals surface area (Å²) >= 11 is 0. The van der Waals surface area contributed by atoms with Gasteiger partial charge >= 0.3 is 6.18 Å². The summed E-state index contributed by atoms with van der Waals surface area (Å²) in [5, 5.41) is 5.48. The fraction of sp³-hybridized carbons (Fsp3) is 0.409. The van der Waals surface area contributed by atoms with Gasteiger partial charge in [0.15, 0.2) is 0 Å². The highest BCUT2D eigenvalue weighted by molar-refractivity contribution is 5.80. The molecule has 0 saturated carbocycles. The first-order valence-corrected chi connectivity index (χ1v) is 9.94. The van der Waals surface area contributed by atoms with E-state index in [1.807, 2.05) is 24.3 Å². The first-order chi connectivity index (χ1) is 14.3. The van der Waals surface area contributed by atoms with Crippen LogP contribution in [0.3, 0.4) is 0 Å². The lowest BCUT2D eigenvalue weighted by atomic mass is 10.2. The number of ether oxygens (including phenoxy) is 1. The number of likely N-dealkylation sites (N-methyl/N-ethyl adjacent to an activating group) is 1. The van der Waals surface area contributed by atoms with Crippen LogP contribution in [0.15, 0.2) is 48.5 Å². The van der Waals surface area contributed by atoms with Crippen LogP contribution < -0.4 is 15.4 Å². The number of carbonyl (C=O) groups is 1. The highest BCUT2D eigenvalue weighted by Gasteiger charge is 2.30. The molecule has 1 amide bonds. The van der Waals surface area contributed by atoms with E-state index in [0.717, 1.165) is 37.3 Å². The van der Waals surface area contributed by atoms with Crippen molar-refractivity contribution in [1.82, 2.24) is 10.2 Å². The van der Waals surface area contributed by atoms with Crippen LogP contribution in [-0.4, -0.2) is 43.6 Å². The molecule has 0 unspecified atom stereocenters. The molecule has 0 saturated heterocycles. The lowest BCUT2D eigenvalue weighted by molar-refractivity contribution is -0.137. The van der Waals surface area contributed by atoms with Gasteiger partial charge in [0.25, 0.3) is 0 Å². The Morgan fingerprint density at radius 2 is 1.80 bits per heavy atom. The van der Waals surface area contributed by atoms with E-state index >= 15 is 0 Å². The first-order valence-electron chi connectivity index (χ1n) is 9.94.